The first kappa shape index (κ1) is 33.0. The average Bonchev–Trinajstić information content (AvgIpc) is 3.64. The molecule has 11 aromatic rings. The van der Waals surface area contributed by atoms with Crippen LogP contribution < -0.4 is 0 Å². The Hall–Kier alpha value is -7.33. The summed E-state index contributed by atoms with van der Waals surface area (Å²) in [6.07, 6.45) is 0. The van der Waals surface area contributed by atoms with Crippen LogP contribution in [-0.4, -0.2) is 14.7 Å². The van der Waals surface area contributed by atoms with Crippen LogP contribution in [0.1, 0.15) is 16.7 Å². The van der Waals surface area contributed by atoms with E-state index >= 15 is 0 Å². The standard InChI is InChI=1S/C54H36N2O/c57-54(40-17-4-1-5-18-40,41-19-6-2-7-20-41)42-31-29-37(30-32-42)44-24-14-25-47-50-49(56(53(44)47)43-21-8-3-9-22-43)34-33-46-45-23-12-13-26-48(45)55-52(51(46)50)39-28-27-36-15-10-11-16-38(36)35-39/h1-35,57H. The van der Waals surface area contributed by atoms with Gasteiger partial charge in [-0.25, -0.2) is 4.98 Å². The summed E-state index contributed by atoms with van der Waals surface area (Å²) in [5, 5.41) is 20.8. The number of rotatable bonds is 6. The van der Waals surface area contributed by atoms with Crippen molar-refractivity contribution < 1.29 is 5.11 Å². The van der Waals surface area contributed by atoms with E-state index in [2.05, 4.69) is 156 Å². The van der Waals surface area contributed by atoms with E-state index in [9.17, 15) is 5.11 Å². The van der Waals surface area contributed by atoms with Gasteiger partial charge in [0.15, 0.2) is 0 Å². The van der Waals surface area contributed by atoms with Gasteiger partial charge in [-0.1, -0.05) is 182 Å². The number of nitrogens with zero attached hydrogens (tertiary/aromatic N) is 2. The Morgan fingerprint density at radius 3 is 1.75 bits per heavy atom. The minimum Gasteiger partial charge on any atom is -0.376 e. The zero-order chi connectivity index (χ0) is 37.9. The van der Waals surface area contributed by atoms with Crippen LogP contribution in [0.3, 0.4) is 0 Å². The molecule has 268 valence electrons. The van der Waals surface area contributed by atoms with Gasteiger partial charge in [0.05, 0.1) is 22.2 Å². The van der Waals surface area contributed by atoms with Gasteiger partial charge in [-0.15, -0.1) is 0 Å². The zero-order valence-electron chi connectivity index (χ0n) is 31.0. The van der Waals surface area contributed by atoms with Crippen LogP contribution in [0.25, 0.3) is 82.3 Å². The monoisotopic (exact) mass is 728 g/mol. The normalized spacial score (nSPS) is 11.9. The largest absolute Gasteiger partial charge is 0.376 e. The van der Waals surface area contributed by atoms with E-state index in [0.29, 0.717) is 0 Å². The predicted octanol–water partition coefficient (Wildman–Crippen LogP) is 13.3. The highest BCUT2D eigenvalue weighted by atomic mass is 16.3. The van der Waals surface area contributed by atoms with Crippen LogP contribution in [0.2, 0.25) is 0 Å². The summed E-state index contributed by atoms with van der Waals surface area (Å²) in [6, 6.07) is 73.9. The number of fused-ring (bicyclic) bond motifs is 8. The van der Waals surface area contributed by atoms with Gasteiger partial charge in [0.2, 0.25) is 0 Å². The maximum Gasteiger partial charge on any atom is 0.140 e. The second-order valence-electron chi connectivity index (χ2n) is 14.8. The SMILES string of the molecule is OC(c1ccccc1)(c1ccccc1)c1ccc(-c2cccc3c4c5c(-c6ccc7ccccc7c6)nc6ccccc6c5ccc4n(-c4ccccc4)c23)cc1. The van der Waals surface area contributed by atoms with Crippen LogP contribution in [0, 0.1) is 0 Å². The van der Waals surface area contributed by atoms with Crippen molar-refractivity contribution in [1.29, 1.82) is 0 Å². The smallest absolute Gasteiger partial charge is 0.140 e. The summed E-state index contributed by atoms with van der Waals surface area (Å²) in [7, 11) is 0. The van der Waals surface area contributed by atoms with Gasteiger partial charge in [0, 0.05) is 38.4 Å². The molecule has 0 atom stereocenters. The van der Waals surface area contributed by atoms with Crippen LogP contribution in [0.5, 0.6) is 0 Å². The Morgan fingerprint density at radius 1 is 0.421 bits per heavy atom. The summed E-state index contributed by atoms with van der Waals surface area (Å²) in [6.45, 7) is 0. The van der Waals surface area contributed by atoms with Crippen LogP contribution in [-0.2, 0) is 5.60 Å². The summed E-state index contributed by atoms with van der Waals surface area (Å²) >= 11 is 0. The number of hydrogen-bond acceptors (Lipinski definition) is 2. The number of pyridine rings is 1. The molecule has 2 aromatic heterocycles. The number of para-hydroxylation sites is 3. The highest BCUT2D eigenvalue weighted by molar-refractivity contribution is 6.29. The van der Waals surface area contributed by atoms with Crippen molar-refractivity contribution in [3.8, 4) is 28.1 Å². The Balaban J connectivity index is 1.20. The third kappa shape index (κ3) is 5.21. The minimum absolute atomic E-state index is 0.809. The molecule has 0 aliphatic heterocycles. The number of hydrogen-bond donors (Lipinski definition) is 1. The summed E-state index contributed by atoms with van der Waals surface area (Å²) in [5.74, 6) is 0. The van der Waals surface area contributed by atoms with Crippen molar-refractivity contribution in [1.82, 2.24) is 9.55 Å². The van der Waals surface area contributed by atoms with Gasteiger partial charge in [-0.3, -0.25) is 0 Å². The molecular weight excluding hydrogens is 693 g/mol. The molecule has 1 N–H and O–H groups in total. The molecule has 57 heavy (non-hydrogen) atoms. The number of benzene rings is 9. The lowest BCUT2D eigenvalue weighted by molar-refractivity contribution is 0.125. The minimum atomic E-state index is -1.32. The first-order valence-corrected chi connectivity index (χ1v) is 19.4. The molecule has 0 unspecified atom stereocenters. The molecule has 0 fully saturated rings. The molecule has 0 spiro atoms. The summed E-state index contributed by atoms with van der Waals surface area (Å²) in [4.78, 5) is 5.45. The van der Waals surface area contributed by atoms with Crippen molar-refractivity contribution in [2.45, 2.75) is 5.60 Å². The van der Waals surface area contributed by atoms with Crippen molar-refractivity contribution in [3.05, 3.63) is 229 Å². The lowest BCUT2D eigenvalue weighted by Gasteiger charge is -2.30. The molecule has 0 aliphatic rings. The van der Waals surface area contributed by atoms with Crippen LogP contribution in [0.4, 0.5) is 0 Å². The van der Waals surface area contributed by atoms with E-state index in [4.69, 9.17) is 4.98 Å². The van der Waals surface area contributed by atoms with E-state index in [1.807, 2.05) is 60.7 Å². The molecule has 11 rings (SSSR count). The van der Waals surface area contributed by atoms with Gasteiger partial charge in [0.1, 0.15) is 5.60 Å². The maximum absolute atomic E-state index is 12.6. The first-order chi connectivity index (χ1) is 28.2. The average molecular weight is 729 g/mol. The highest BCUT2D eigenvalue weighted by Gasteiger charge is 2.33. The molecular formula is C54H36N2O. The predicted molar refractivity (Wildman–Crippen MR) is 237 cm³/mol. The molecule has 0 amide bonds. The fourth-order valence-electron chi connectivity index (χ4n) is 8.98. The van der Waals surface area contributed by atoms with Gasteiger partial charge in [0.25, 0.3) is 0 Å². The maximum atomic E-state index is 12.6. The van der Waals surface area contributed by atoms with Gasteiger partial charge in [-0.05, 0) is 68.7 Å². The Kier molecular flexibility index (Phi) is 7.63. The highest BCUT2D eigenvalue weighted by Crippen LogP contribution is 2.46. The fraction of sp³-hybridized carbons (Fsp3) is 0.0185. The molecule has 2 heterocycles. The second kappa shape index (κ2) is 13.2. The van der Waals surface area contributed by atoms with Crippen LogP contribution in [0.15, 0.2) is 212 Å². The van der Waals surface area contributed by atoms with E-state index < -0.39 is 5.60 Å². The van der Waals surface area contributed by atoms with Crippen molar-refractivity contribution >= 4 is 54.3 Å². The Bertz CT molecular complexity index is 3240. The first-order valence-electron chi connectivity index (χ1n) is 19.4. The molecule has 9 aromatic carbocycles. The fourth-order valence-corrected chi connectivity index (χ4v) is 8.98. The second-order valence-corrected chi connectivity index (χ2v) is 14.8. The molecule has 0 saturated carbocycles. The quantitative estimate of drug-likeness (QED) is 0.137. The number of aliphatic hydroxyl groups is 1. The van der Waals surface area contributed by atoms with Gasteiger partial charge >= 0.3 is 0 Å². The van der Waals surface area contributed by atoms with E-state index in [1.165, 1.54) is 21.5 Å². The molecule has 0 aliphatic carbocycles. The lowest BCUT2D eigenvalue weighted by Crippen LogP contribution is -2.28. The lowest BCUT2D eigenvalue weighted by atomic mass is 9.80. The van der Waals surface area contributed by atoms with Crippen molar-refractivity contribution in [2.24, 2.45) is 0 Å². The molecule has 0 bridgehead atoms. The third-order valence-corrected chi connectivity index (χ3v) is 11.7. The third-order valence-electron chi connectivity index (χ3n) is 11.7. The van der Waals surface area contributed by atoms with Crippen molar-refractivity contribution in [2.75, 3.05) is 0 Å². The molecule has 0 saturated heterocycles. The number of aromatic nitrogens is 2. The van der Waals surface area contributed by atoms with E-state index in [1.54, 1.807) is 0 Å². The molecule has 3 heteroatoms. The molecule has 0 radical (unpaired) electrons. The van der Waals surface area contributed by atoms with Crippen LogP contribution >= 0.6 is 0 Å². The Morgan fingerprint density at radius 2 is 1.02 bits per heavy atom. The Labute approximate surface area is 330 Å². The summed E-state index contributed by atoms with van der Waals surface area (Å²) in [5.41, 5.74) is 9.69. The van der Waals surface area contributed by atoms with Gasteiger partial charge < -0.3 is 9.67 Å². The molecule has 3 nitrogen and oxygen atoms in total. The summed E-state index contributed by atoms with van der Waals surface area (Å²) < 4.78 is 2.41. The van der Waals surface area contributed by atoms with E-state index in [0.717, 1.165) is 77.5 Å². The topological polar surface area (TPSA) is 38.1 Å². The van der Waals surface area contributed by atoms with Crippen molar-refractivity contribution in [3.63, 3.8) is 0 Å². The van der Waals surface area contributed by atoms with Gasteiger partial charge in [-0.2, -0.15) is 0 Å². The zero-order valence-corrected chi connectivity index (χ0v) is 31.0. The van der Waals surface area contributed by atoms with E-state index in [-0.39, 0.29) is 0 Å².